The summed E-state index contributed by atoms with van der Waals surface area (Å²) in [5.41, 5.74) is -1.23. The molecular weight excluding hydrogens is 239 g/mol. The molecule has 0 saturated carbocycles. The second kappa shape index (κ2) is 4.53. The molecule has 104 valence electrons. The molecule has 1 aliphatic heterocycles. The molecule has 4 heteroatoms. The van der Waals surface area contributed by atoms with E-state index in [0.29, 0.717) is 0 Å². The number of ether oxygens (including phenoxy) is 1. The summed E-state index contributed by atoms with van der Waals surface area (Å²) in [7, 11) is -0.391. The Labute approximate surface area is 116 Å². The van der Waals surface area contributed by atoms with Crippen LogP contribution in [0.15, 0.2) is 30.3 Å². The van der Waals surface area contributed by atoms with Crippen molar-refractivity contribution in [1.29, 1.82) is 0 Å². The third-order valence-corrected chi connectivity index (χ3v) is 3.94. The molecule has 0 aromatic heterocycles. The van der Waals surface area contributed by atoms with Gasteiger partial charge in [0.2, 0.25) is 0 Å². The van der Waals surface area contributed by atoms with Crippen LogP contribution >= 0.6 is 0 Å². The van der Waals surface area contributed by atoms with E-state index in [9.17, 15) is 0 Å². The number of hydrogen-bond acceptors (Lipinski definition) is 3. The van der Waals surface area contributed by atoms with Crippen LogP contribution in [0, 0.1) is 0 Å². The fourth-order valence-electron chi connectivity index (χ4n) is 1.97. The zero-order valence-corrected chi connectivity index (χ0v) is 12.7. The van der Waals surface area contributed by atoms with Gasteiger partial charge in [0.1, 0.15) is 11.2 Å². The smallest absolute Gasteiger partial charge is 0.490 e. The van der Waals surface area contributed by atoms with Crippen molar-refractivity contribution < 1.29 is 14.0 Å². The maximum absolute atomic E-state index is 6.05. The lowest BCUT2D eigenvalue weighted by molar-refractivity contribution is 0.00578. The number of benzene rings is 1. The molecule has 0 spiro atoms. The predicted octanol–water partition coefficient (Wildman–Crippen LogP) is 3.48. The van der Waals surface area contributed by atoms with E-state index in [1.54, 1.807) is 0 Å². The number of hydrogen-bond donors (Lipinski definition) is 0. The lowest BCUT2D eigenvalue weighted by atomic mass is 9.69. The lowest BCUT2D eigenvalue weighted by Crippen LogP contribution is -2.48. The van der Waals surface area contributed by atoms with Crippen molar-refractivity contribution in [2.75, 3.05) is 0 Å². The Kier molecular flexibility index (Phi) is 3.44. The van der Waals surface area contributed by atoms with E-state index in [2.05, 4.69) is 0 Å². The molecule has 0 aliphatic carbocycles. The fourth-order valence-corrected chi connectivity index (χ4v) is 1.97. The molecule has 1 aromatic rings. The monoisotopic (exact) mass is 262 g/mol. The van der Waals surface area contributed by atoms with Gasteiger partial charge in [0.05, 0.1) is 11.2 Å². The largest absolute Gasteiger partial charge is 0.504 e. The van der Waals surface area contributed by atoms with Gasteiger partial charge in [0.25, 0.3) is 0 Å². The minimum Gasteiger partial charge on any atom is -0.490 e. The first-order chi connectivity index (χ1) is 8.64. The minimum absolute atomic E-state index is 0.338. The standard InChI is InChI=1S/C15H23BO3/c1-13(2)14(3,4)19-16(18-13)15(5,6)17-12-10-8-7-9-11-12/h7-11H,1-6H3. The maximum Gasteiger partial charge on any atom is 0.504 e. The van der Waals surface area contributed by atoms with E-state index in [-0.39, 0.29) is 11.2 Å². The lowest BCUT2D eigenvalue weighted by Gasteiger charge is -2.32. The van der Waals surface area contributed by atoms with Gasteiger partial charge in [-0.25, -0.2) is 0 Å². The zero-order chi connectivity index (χ0) is 14.3. The van der Waals surface area contributed by atoms with E-state index in [0.717, 1.165) is 5.75 Å². The topological polar surface area (TPSA) is 27.7 Å². The molecule has 19 heavy (non-hydrogen) atoms. The quantitative estimate of drug-likeness (QED) is 0.780. The average Bonchev–Trinajstić information content (AvgIpc) is 2.49. The van der Waals surface area contributed by atoms with E-state index in [1.807, 2.05) is 71.9 Å². The van der Waals surface area contributed by atoms with Crippen LogP contribution in [-0.4, -0.2) is 23.8 Å². The molecule has 0 bridgehead atoms. The maximum atomic E-state index is 6.05. The van der Waals surface area contributed by atoms with Crippen molar-refractivity contribution in [3.63, 3.8) is 0 Å². The SMILES string of the molecule is CC(C)(Oc1ccccc1)B1OC(C)(C)C(C)(C)O1. The highest BCUT2D eigenvalue weighted by Crippen LogP contribution is 2.40. The molecule has 0 amide bonds. The third-order valence-electron chi connectivity index (χ3n) is 3.94. The molecule has 0 N–H and O–H groups in total. The molecule has 0 atom stereocenters. The summed E-state index contributed by atoms with van der Waals surface area (Å²) < 4.78 is 18.1. The summed E-state index contributed by atoms with van der Waals surface area (Å²) in [5, 5.41) is 0. The Morgan fingerprint density at radius 2 is 1.42 bits per heavy atom. The van der Waals surface area contributed by atoms with Crippen LogP contribution < -0.4 is 4.74 Å². The van der Waals surface area contributed by atoms with Crippen LogP contribution in [0.5, 0.6) is 5.75 Å². The Bertz CT molecular complexity index is 424. The normalized spacial score (nSPS) is 21.5. The molecule has 3 nitrogen and oxygen atoms in total. The highest BCUT2D eigenvalue weighted by molar-refractivity contribution is 6.49. The molecular formula is C15H23BO3. The predicted molar refractivity (Wildman–Crippen MR) is 77.2 cm³/mol. The first-order valence-corrected chi connectivity index (χ1v) is 6.74. The van der Waals surface area contributed by atoms with Gasteiger partial charge in [0.15, 0.2) is 0 Å². The number of para-hydroxylation sites is 1. The summed E-state index contributed by atoms with van der Waals surface area (Å²) in [6, 6.07) is 9.75. The second-order valence-corrected chi connectivity index (χ2v) is 6.61. The van der Waals surface area contributed by atoms with Crippen molar-refractivity contribution in [2.45, 2.75) is 58.2 Å². The molecule has 1 heterocycles. The van der Waals surface area contributed by atoms with Crippen LogP contribution in [0.1, 0.15) is 41.5 Å². The molecule has 1 fully saturated rings. The highest BCUT2D eigenvalue weighted by atomic mass is 16.7. The van der Waals surface area contributed by atoms with Crippen molar-refractivity contribution >= 4 is 7.12 Å². The molecule has 0 unspecified atom stereocenters. The molecule has 0 radical (unpaired) electrons. The summed E-state index contributed by atoms with van der Waals surface area (Å²) in [5.74, 6) is 0.821. The van der Waals surface area contributed by atoms with Crippen LogP contribution in [0.4, 0.5) is 0 Å². The number of rotatable bonds is 3. The zero-order valence-electron chi connectivity index (χ0n) is 12.7. The van der Waals surface area contributed by atoms with Crippen molar-refractivity contribution in [3.05, 3.63) is 30.3 Å². The van der Waals surface area contributed by atoms with Gasteiger partial charge in [-0.3, -0.25) is 0 Å². The van der Waals surface area contributed by atoms with Gasteiger partial charge in [0, 0.05) is 0 Å². The second-order valence-electron chi connectivity index (χ2n) is 6.61. The molecule has 1 aromatic carbocycles. The van der Waals surface area contributed by atoms with Crippen molar-refractivity contribution in [3.8, 4) is 5.75 Å². The first-order valence-electron chi connectivity index (χ1n) is 6.74. The summed E-state index contributed by atoms with van der Waals surface area (Å²) >= 11 is 0. The molecule has 2 rings (SSSR count). The Morgan fingerprint density at radius 1 is 0.947 bits per heavy atom. The van der Waals surface area contributed by atoms with E-state index in [1.165, 1.54) is 0 Å². The van der Waals surface area contributed by atoms with Gasteiger partial charge in [-0.15, -0.1) is 0 Å². The van der Waals surface area contributed by atoms with Crippen LogP contribution in [-0.2, 0) is 9.31 Å². The average molecular weight is 262 g/mol. The summed E-state index contributed by atoms with van der Waals surface area (Å²) in [6.07, 6.45) is 0. The van der Waals surface area contributed by atoms with Gasteiger partial charge in [-0.2, -0.15) is 0 Å². The van der Waals surface area contributed by atoms with Gasteiger partial charge in [-0.05, 0) is 53.7 Å². The molecule has 1 saturated heterocycles. The molecule has 1 aliphatic rings. The van der Waals surface area contributed by atoms with Crippen molar-refractivity contribution in [1.82, 2.24) is 0 Å². The highest BCUT2D eigenvalue weighted by Gasteiger charge is 2.57. The van der Waals surface area contributed by atoms with E-state index in [4.69, 9.17) is 14.0 Å². The fraction of sp³-hybridized carbons (Fsp3) is 0.600. The summed E-state index contributed by atoms with van der Waals surface area (Å²) in [6.45, 7) is 12.2. The van der Waals surface area contributed by atoms with Gasteiger partial charge in [-0.1, -0.05) is 18.2 Å². The van der Waals surface area contributed by atoms with Gasteiger partial charge >= 0.3 is 7.12 Å². The Balaban J connectivity index is 2.14. The van der Waals surface area contributed by atoms with E-state index >= 15 is 0 Å². The van der Waals surface area contributed by atoms with Crippen LogP contribution in [0.3, 0.4) is 0 Å². The Morgan fingerprint density at radius 3 is 1.89 bits per heavy atom. The van der Waals surface area contributed by atoms with Crippen LogP contribution in [0.2, 0.25) is 0 Å². The first kappa shape index (κ1) is 14.4. The Hall–Kier alpha value is -0.995. The third kappa shape index (κ3) is 2.80. The summed E-state index contributed by atoms with van der Waals surface area (Å²) in [4.78, 5) is 0. The van der Waals surface area contributed by atoms with Crippen LogP contribution in [0.25, 0.3) is 0 Å². The van der Waals surface area contributed by atoms with Crippen molar-refractivity contribution in [2.24, 2.45) is 0 Å². The minimum atomic E-state index is -0.549. The van der Waals surface area contributed by atoms with E-state index < -0.39 is 12.6 Å². The van der Waals surface area contributed by atoms with Gasteiger partial charge < -0.3 is 14.0 Å².